The van der Waals surface area contributed by atoms with Gasteiger partial charge in [-0.3, -0.25) is 4.98 Å². The Labute approximate surface area is 191 Å². The lowest BCUT2D eigenvalue weighted by atomic mass is 9.93. The summed E-state index contributed by atoms with van der Waals surface area (Å²) in [7, 11) is 0. The molecule has 4 rings (SSSR count). The van der Waals surface area contributed by atoms with Gasteiger partial charge in [0.05, 0.1) is 21.7 Å². The van der Waals surface area contributed by atoms with Crippen LogP contribution in [0, 0.1) is 13.8 Å². The second kappa shape index (κ2) is 12.5. The number of nitrogens with one attached hydrogen (secondary N) is 1. The van der Waals surface area contributed by atoms with E-state index in [2.05, 4.69) is 48.0 Å². The first-order valence-electron chi connectivity index (χ1n) is 11.6. The minimum atomic E-state index is 0.476. The van der Waals surface area contributed by atoms with Crippen LogP contribution in [0.2, 0.25) is 0 Å². The fraction of sp³-hybridized carbons (Fsp3) is 0.583. The molecule has 1 aliphatic rings. The molecule has 0 bridgehead atoms. The first-order chi connectivity index (χ1) is 14.9. The Bertz CT molecular complexity index is 917. The molecule has 3 N–H and O–H groups in total. The van der Waals surface area contributed by atoms with Gasteiger partial charge in [0, 0.05) is 12.2 Å². The molecule has 31 heavy (non-hydrogen) atoms. The van der Waals surface area contributed by atoms with Crippen molar-refractivity contribution in [1.29, 1.82) is 0 Å². The fourth-order valence-electron chi connectivity index (χ4n) is 2.75. The molecule has 0 spiro atoms. The molecule has 3 aromatic rings. The third kappa shape index (κ3) is 6.86. The molecule has 7 heteroatoms. The van der Waals surface area contributed by atoms with Crippen LogP contribution < -0.4 is 11.1 Å². The molecule has 0 atom stereocenters. The maximum Gasteiger partial charge on any atom is 0.225 e. The monoisotopic (exact) mass is 442 g/mol. The zero-order valence-electron chi connectivity index (χ0n) is 20.0. The highest BCUT2D eigenvalue weighted by Gasteiger charge is 2.20. The Morgan fingerprint density at radius 3 is 2.10 bits per heavy atom. The van der Waals surface area contributed by atoms with Crippen molar-refractivity contribution in [3.8, 4) is 10.6 Å². The molecule has 0 saturated heterocycles. The summed E-state index contributed by atoms with van der Waals surface area (Å²) in [4.78, 5) is 18.0. The van der Waals surface area contributed by atoms with E-state index in [1.54, 1.807) is 17.5 Å². The van der Waals surface area contributed by atoms with E-state index in [0.717, 1.165) is 32.2 Å². The summed E-state index contributed by atoms with van der Waals surface area (Å²) in [5.41, 5.74) is 9.73. The van der Waals surface area contributed by atoms with Crippen LogP contribution in [0.5, 0.6) is 0 Å². The van der Waals surface area contributed by atoms with Crippen molar-refractivity contribution in [2.75, 3.05) is 11.1 Å². The topological polar surface area (TPSA) is 89.6 Å². The zero-order valence-corrected chi connectivity index (χ0v) is 20.8. The number of thiazole rings is 1. The highest BCUT2D eigenvalue weighted by molar-refractivity contribution is 7.21. The molecule has 6 nitrogen and oxygen atoms in total. The van der Waals surface area contributed by atoms with Gasteiger partial charge in [-0.15, -0.1) is 11.3 Å². The summed E-state index contributed by atoms with van der Waals surface area (Å²) in [5, 5.41) is 4.19. The van der Waals surface area contributed by atoms with Crippen LogP contribution in [-0.4, -0.2) is 26.0 Å². The second-order valence-electron chi connectivity index (χ2n) is 7.93. The number of nitrogen functional groups attached to an aromatic ring is 1. The predicted octanol–water partition coefficient (Wildman–Crippen LogP) is 6.92. The van der Waals surface area contributed by atoms with Gasteiger partial charge < -0.3 is 11.1 Å². The lowest BCUT2D eigenvalue weighted by molar-refractivity contribution is 0.443. The summed E-state index contributed by atoms with van der Waals surface area (Å²) in [6.45, 7) is 12.6. The van der Waals surface area contributed by atoms with E-state index >= 15 is 0 Å². The average molecular weight is 443 g/mol. The van der Waals surface area contributed by atoms with Crippen molar-refractivity contribution in [3.63, 3.8) is 0 Å². The van der Waals surface area contributed by atoms with Crippen LogP contribution in [0.3, 0.4) is 0 Å². The maximum absolute atomic E-state index is 6.21. The average Bonchev–Trinajstić information content (AvgIpc) is 3.16. The van der Waals surface area contributed by atoms with Gasteiger partial charge in [-0.2, -0.15) is 4.98 Å². The summed E-state index contributed by atoms with van der Waals surface area (Å²) in [6, 6.07) is 2.46. The van der Waals surface area contributed by atoms with Gasteiger partial charge in [0.25, 0.3) is 0 Å². The lowest BCUT2D eigenvalue weighted by Gasteiger charge is -2.26. The summed E-state index contributed by atoms with van der Waals surface area (Å²) < 4.78 is 1.10. The fourth-order valence-corrected chi connectivity index (χ4v) is 3.87. The molecule has 1 aliphatic carbocycles. The highest BCUT2D eigenvalue weighted by atomic mass is 32.1. The number of hydrogen-bond acceptors (Lipinski definition) is 7. The van der Waals surface area contributed by atoms with Crippen LogP contribution in [0.4, 0.5) is 11.8 Å². The van der Waals surface area contributed by atoms with E-state index in [0.29, 0.717) is 17.8 Å². The van der Waals surface area contributed by atoms with E-state index in [4.69, 9.17) is 10.7 Å². The molecule has 0 aliphatic heterocycles. The molecule has 1 fully saturated rings. The number of aryl methyl sites for hydroxylation is 2. The van der Waals surface area contributed by atoms with Crippen LogP contribution in [0.15, 0.2) is 12.3 Å². The number of hydrogen-bond donors (Lipinski definition) is 2. The third-order valence-corrected chi connectivity index (χ3v) is 6.30. The number of pyridine rings is 1. The number of rotatable bonds is 5. The van der Waals surface area contributed by atoms with E-state index in [-0.39, 0.29) is 0 Å². The maximum atomic E-state index is 6.21. The number of fused-ring (bicyclic) bond motifs is 1. The summed E-state index contributed by atoms with van der Waals surface area (Å²) >= 11 is 1.60. The van der Waals surface area contributed by atoms with Crippen molar-refractivity contribution in [2.24, 2.45) is 0 Å². The molecule has 0 amide bonds. The van der Waals surface area contributed by atoms with Crippen molar-refractivity contribution in [2.45, 2.75) is 92.5 Å². The Kier molecular flexibility index (Phi) is 10.1. The van der Waals surface area contributed by atoms with Crippen molar-refractivity contribution >= 4 is 33.3 Å². The van der Waals surface area contributed by atoms with E-state index in [1.165, 1.54) is 44.9 Å². The van der Waals surface area contributed by atoms with Crippen molar-refractivity contribution < 1.29 is 0 Å². The normalized spacial score (nSPS) is 13.0. The summed E-state index contributed by atoms with van der Waals surface area (Å²) in [5.74, 6) is 1.09. The molecule has 3 heterocycles. The molecule has 3 aromatic heterocycles. The van der Waals surface area contributed by atoms with Crippen LogP contribution in [0.1, 0.15) is 84.0 Å². The zero-order chi connectivity index (χ0) is 22.8. The molecule has 0 unspecified atom stereocenters. The van der Waals surface area contributed by atoms with Crippen LogP contribution >= 0.6 is 11.3 Å². The Morgan fingerprint density at radius 1 is 0.968 bits per heavy atom. The van der Waals surface area contributed by atoms with Gasteiger partial charge >= 0.3 is 0 Å². The van der Waals surface area contributed by atoms with Gasteiger partial charge in [-0.1, -0.05) is 53.4 Å². The lowest BCUT2D eigenvalue weighted by Crippen LogP contribution is -2.28. The van der Waals surface area contributed by atoms with E-state index < -0.39 is 0 Å². The first kappa shape index (κ1) is 25.0. The van der Waals surface area contributed by atoms with Crippen LogP contribution in [0.25, 0.3) is 20.8 Å². The third-order valence-electron chi connectivity index (χ3n) is 5.26. The molecule has 170 valence electrons. The van der Waals surface area contributed by atoms with Crippen molar-refractivity contribution in [3.05, 3.63) is 23.7 Å². The smallest absolute Gasteiger partial charge is 0.225 e. The van der Waals surface area contributed by atoms with Gasteiger partial charge in [0.1, 0.15) is 16.3 Å². The van der Waals surface area contributed by atoms with Crippen LogP contribution in [-0.2, 0) is 0 Å². The predicted molar refractivity (Wildman–Crippen MR) is 135 cm³/mol. The molecule has 0 radical (unpaired) electrons. The number of unbranched alkanes of at least 4 members (excludes halogenated alkanes) is 2. The van der Waals surface area contributed by atoms with E-state index in [1.807, 2.05) is 19.9 Å². The molecular formula is C24H38N6S. The standard InChI is InChI=1S/C16H18N6S.2C4H10/c1-8-12(14(17)22-16(19-8)20-10-4-3-5-10)15-21-13-9(2)18-7-6-11(13)23-15;2*1-3-4-2/h6-7,10H,3-5H2,1-2H3,(H3,17,19,20,22);2*3-4H2,1-2H3. The first-order valence-corrected chi connectivity index (χ1v) is 12.4. The minimum absolute atomic E-state index is 0.476. The highest BCUT2D eigenvalue weighted by Crippen LogP contribution is 2.35. The largest absolute Gasteiger partial charge is 0.383 e. The van der Waals surface area contributed by atoms with Gasteiger partial charge in [-0.25, -0.2) is 9.97 Å². The minimum Gasteiger partial charge on any atom is -0.383 e. The molecular weight excluding hydrogens is 404 g/mol. The quantitative estimate of drug-likeness (QED) is 0.445. The number of anilines is 2. The Balaban J connectivity index is 0.000000370. The molecule has 0 aromatic carbocycles. The number of nitrogens with two attached hydrogens (primary N) is 1. The number of nitrogens with zero attached hydrogens (tertiary/aromatic N) is 4. The number of aromatic nitrogens is 4. The SMILES string of the molecule is CCCC.CCCC.Cc1nc(NC2CCC2)nc(N)c1-c1nc2c(C)nccc2s1. The second-order valence-corrected chi connectivity index (χ2v) is 8.96. The van der Waals surface area contributed by atoms with Gasteiger partial charge in [0.2, 0.25) is 5.95 Å². The van der Waals surface area contributed by atoms with Gasteiger partial charge in [-0.05, 0) is 39.2 Å². The Hall–Kier alpha value is -2.28. The molecule has 1 saturated carbocycles. The summed E-state index contributed by atoms with van der Waals surface area (Å²) in [6.07, 6.45) is 10.7. The van der Waals surface area contributed by atoms with Gasteiger partial charge in [0.15, 0.2) is 0 Å². The Morgan fingerprint density at radius 2 is 1.61 bits per heavy atom. The van der Waals surface area contributed by atoms with E-state index in [9.17, 15) is 0 Å². The van der Waals surface area contributed by atoms with Crippen molar-refractivity contribution in [1.82, 2.24) is 19.9 Å².